The van der Waals surface area contributed by atoms with Crippen LogP contribution >= 0.6 is 0 Å². The molecule has 0 radical (unpaired) electrons. The van der Waals surface area contributed by atoms with Crippen molar-refractivity contribution in [3.63, 3.8) is 0 Å². The van der Waals surface area contributed by atoms with Crippen LogP contribution in [0.3, 0.4) is 0 Å². The molecule has 1 amide bonds. The zero-order valence-corrected chi connectivity index (χ0v) is 20.9. The minimum atomic E-state index is -4.89. The number of rotatable bonds is 7. The topological polar surface area (TPSA) is 130 Å². The fraction of sp³-hybridized carbons (Fsp3) is 0.522. The van der Waals surface area contributed by atoms with Crippen molar-refractivity contribution in [1.29, 1.82) is 0 Å². The van der Waals surface area contributed by atoms with Crippen molar-refractivity contribution in [3.05, 3.63) is 45.5 Å². The minimum absolute atomic E-state index is 0.0465. The molecular formula is C23H24F6N6O5. The van der Waals surface area contributed by atoms with E-state index in [1.807, 2.05) is 0 Å². The van der Waals surface area contributed by atoms with Crippen LogP contribution in [-0.2, 0) is 26.6 Å². The number of aromatic nitrogens is 3. The molecule has 2 aromatic heterocycles. The molecule has 2 aliphatic heterocycles. The number of carbonyl (C=O) groups is 2. The third-order valence-corrected chi connectivity index (χ3v) is 6.30. The Morgan fingerprint density at radius 2 is 1.95 bits per heavy atom. The average molecular weight is 578 g/mol. The predicted molar refractivity (Wildman–Crippen MR) is 126 cm³/mol. The van der Waals surface area contributed by atoms with E-state index in [2.05, 4.69) is 15.4 Å². The third kappa shape index (κ3) is 6.46. The van der Waals surface area contributed by atoms with Crippen LogP contribution in [0.5, 0.6) is 0 Å². The SMILES string of the molecule is C[C@@H](COCCC(=O)N1CCN2c3ncc(C(F)(F)F)cc3C(=O)OC[C@@H]2C1)Nc1cn[nH]c(=O)c1C(F)(F)F. The number of halogens is 6. The van der Waals surface area contributed by atoms with Crippen LogP contribution in [0.2, 0.25) is 0 Å². The molecule has 0 aromatic carbocycles. The van der Waals surface area contributed by atoms with Gasteiger partial charge in [0.1, 0.15) is 23.6 Å². The molecule has 2 N–H and O–H groups in total. The summed E-state index contributed by atoms with van der Waals surface area (Å²) in [5, 5.41) is 7.65. The molecule has 1 saturated heterocycles. The van der Waals surface area contributed by atoms with Gasteiger partial charge in [0.05, 0.1) is 43.1 Å². The Bertz CT molecular complexity index is 1320. The van der Waals surface area contributed by atoms with E-state index >= 15 is 0 Å². The number of nitrogens with zero attached hydrogens (tertiary/aromatic N) is 4. The Kier molecular flexibility index (Phi) is 8.23. The number of piperazine rings is 1. The van der Waals surface area contributed by atoms with Crippen molar-refractivity contribution in [2.75, 3.05) is 49.7 Å². The number of H-pyrrole nitrogens is 1. The average Bonchev–Trinajstić information content (AvgIpc) is 3.01. The second kappa shape index (κ2) is 11.3. The molecule has 218 valence electrons. The number of hydrogen-bond donors (Lipinski definition) is 2. The highest BCUT2D eigenvalue weighted by Gasteiger charge is 2.39. The van der Waals surface area contributed by atoms with Gasteiger partial charge in [0, 0.05) is 31.9 Å². The van der Waals surface area contributed by atoms with Crippen LogP contribution in [-0.4, -0.2) is 83.5 Å². The first kappa shape index (κ1) is 29.1. The molecular weight excluding hydrogens is 554 g/mol. The zero-order valence-electron chi connectivity index (χ0n) is 20.9. The van der Waals surface area contributed by atoms with Gasteiger partial charge in [-0.25, -0.2) is 14.9 Å². The smallest absolute Gasteiger partial charge is 0.423 e. The van der Waals surface area contributed by atoms with Crippen LogP contribution in [0.1, 0.15) is 34.8 Å². The molecule has 17 heteroatoms. The number of cyclic esters (lactones) is 1. The summed E-state index contributed by atoms with van der Waals surface area (Å²) in [6.07, 6.45) is -8.13. The van der Waals surface area contributed by atoms with Gasteiger partial charge in [-0.1, -0.05) is 0 Å². The minimum Gasteiger partial charge on any atom is -0.460 e. The molecule has 4 heterocycles. The number of aromatic amines is 1. The molecule has 11 nitrogen and oxygen atoms in total. The van der Waals surface area contributed by atoms with Gasteiger partial charge in [0.2, 0.25) is 5.91 Å². The maximum absolute atomic E-state index is 13.2. The summed E-state index contributed by atoms with van der Waals surface area (Å²) in [7, 11) is 0. The second-order valence-electron chi connectivity index (χ2n) is 9.23. The third-order valence-electron chi connectivity index (χ3n) is 6.30. The van der Waals surface area contributed by atoms with Gasteiger partial charge in [-0.15, -0.1) is 0 Å². The zero-order chi connectivity index (χ0) is 29.2. The fourth-order valence-electron chi connectivity index (χ4n) is 4.42. The summed E-state index contributed by atoms with van der Waals surface area (Å²) in [5.74, 6) is -1.17. The molecule has 0 spiro atoms. The van der Waals surface area contributed by atoms with Gasteiger partial charge in [-0.2, -0.15) is 31.4 Å². The Labute approximate surface area is 222 Å². The Morgan fingerprint density at radius 3 is 2.65 bits per heavy atom. The van der Waals surface area contributed by atoms with E-state index in [0.717, 1.165) is 6.20 Å². The first-order chi connectivity index (χ1) is 18.8. The van der Waals surface area contributed by atoms with E-state index in [0.29, 0.717) is 12.3 Å². The largest absolute Gasteiger partial charge is 0.460 e. The second-order valence-corrected chi connectivity index (χ2v) is 9.23. The van der Waals surface area contributed by atoms with Crippen molar-refractivity contribution in [3.8, 4) is 0 Å². The standard InChI is InChI=1S/C23H24F6N6O5/c1-12(32-16-8-31-33-20(37)18(16)23(27,28)29)10-39-5-2-17(36)34-3-4-35-14(9-34)11-40-21(38)15-6-13(22(24,25)26)7-30-19(15)35/h6-8,12,14H,2-5,9-11H2,1H3,(H2,32,33,37)/t12-,14-/m0/s1. The van der Waals surface area contributed by atoms with Gasteiger partial charge in [-0.3, -0.25) is 9.59 Å². The molecule has 0 aliphatic carbocycles. The summed E-state index contributed by atoms with van der Waals surface area (Å²) in [6.45, 7) is 1.78. The van der Waals surface area contributed by atoms with E-state index in [4.69, 9.17) is 9.47 Å². The summed E-state index contributed by atoms with van der Waals surface area (Å²) in [4.78, 5) is 43.7. The van der Waals surface area contributed by atoms with Crippen molar-refractivity contribution >= 4 is 23.4 Å². The number of fused-ring (bicyclic) bond motifs is 3. The first-order valence-corrected chi connectivity index (χ1v) is 12.0. The normalized spacial score (nSPS) is 18.4. The molecule has 2 aliphatic rings. The van der Waals surface area contributed by atoms with Crippen molar-refractivity contribution < 1.29 is 45.4 Å². The lowest BCUT2D eigenvalue weighted by molar-refractivity contribution is -0.138. The van der Waals surface area contributed by atoms with Gasteiger partial charge >= 0.3 is 18.3 Å². The molecule has 0 saturated carbocycles. The lowest BCUT2D eigenvalue weighted by Crippen LogP contribution is -2.56. The van der Waals surface area contributed by atoms with E-state index in [9.17, 15) is 40.7 Å². The number of nitrogens with one attached hydrogen (secondary N) is 2. The fourth-order valence-corrected chi connectivity index (χ4v) is 4.42. The van der Waals surface area contributed by atoms with Crippen molar-refractivity contribution in [2.24, 2.45) is 0 Å². The van der Waals surface area contributed by atoms with E-state index < -0.39 is 52.8 Å². The highest BCUT2D eigenvalue weighted by atomic mass is 19.4. The van der Waals surface area contributed by atoms with Crippen LogP contribution < -0.4 is 15.8 Å². The summed E-state index contributed by atoms with van der Waals surface area (Å²) in [5.41, 5.74) is -4.67. The van der Waals surface area contributed by atoms with E-state index in [1.54, 1.807) is 10.00 Å². The number of alkyl halides is 6. The number of hydrogen-bond acceptors (Lipinski definition) is 9. The van der Waals surface area contributed by atoms with E-state index in [-0.39, 0.29) is 63.2 Å². The van der Waals surface area contributed by atoms with Crippen LogP contribution in [0.25, 0.3) is 0 Å². The Morgan fingerprint density at radius 1 is 1.20 bits per heavy atom. The van der Waals surface area contributed by atoms with Gasteiger partial charge in [0.15, 0.2) is 0 Å². The molecule has 0 bridgehead atoms. The van der Waals surface area contributed by atoms with Crippen LogP contribution in [0.15, 0.2) is 23.3 Å². The summed E-state index contributed by atoms with van der Waals surface area (Å²) in [6, 6.07) is -0.481. The summed E-state index contributed by atoms with van der Waals surface area (Å²) >= 11 is 0. The number of pyridine rings is 1. The quantitative estimate of drug-likeness (QED) is 0.289. The van der Waals surface area contributed by atoms with Gasteiger partial charge < -0.3 is 24.6 Å². The number of esters is 1. The van der Waals surface area contributed by atoms with Gasteiger partial charge in [-0.05, 0) is 13.0 Å². The summed E-state index contributed by atoms with van der Waals surface area (Å²) < 4.78 is 89.4. The molecule has 0 unspecified atom stereocenters. The predicted octanol–water partition coefficient (Wildman–Crippen LogP) is 2.30. The van der Waals surface area contributed by atoms with Crippen LogP contribution in [0.4, 0.5) is 37.8 Å². The maximum atomic E-state index is 13.2. The molecule has 2 atom stereocenters. The molecule has 40 heavy (non-hydrogen) atoms. The molecule has 2 aromatic rings. The lowest BCUT2D eigenvalue weighted by atomic mass is 10.1. The number of carbonyl (C=O) groups excluding carboxylic acids is 2. The van der Waals surface area contributed by atoms with Crippen molar-refractivity contribution in [1.82, 2.24) is 20.1 Å². The maximum Gasteiger partial charge on any atom is 0.423 e. The number of ether oxygens (including phenoxy) is 2. The lowest BCUT2D eigenvalue weighted by Gasteiger charge is -2.41. The number of amides is 1. The van der Waals surface area contributed by atoms with Gasteiger partial charge in [0.25, 0.3) is 5.56 Å². The Balaban J connectivity index is 1.29. The van der Waals surface area contributed by atoms with Crippen LogP contribution in [0, 0.1) is 0 Å². The highest BCUT2D eigenvalue weighted by molar-refractivity contribution is 5.96. The molecule has 4 rings (SSSR count). The highest BCUT2D eigenvalue weighted by Crippen LogP contribution is 2.34. The van der Waals surface area contributed by atoms with E-state index in [1.165, 1.54) is 11.8 Å². The number of anilines is 2. The molecule has 1 fully saturated rings. The first-order valence-electron chi connectivity index (χ1n) is 12.0. The Hall–Kier alpha value is -3.89. The monoisotopic (exact) mass is 578 g/mol. The van der Waals surface area contributed by atoms with Crippen molar-refractivity contribution in [2.45, 2.75) is 37.8 Å².